The van der Waals surface area contributed by atoms with E-state index in [0.717, 1.165) is 6.29 Å². The molecule has 0 spiro atoms. The third-order valence-electron chi connectivity index (χ3n) is 0.812. The monoisotopic (exact) mass is 210 g/mol. The lowest BCUT2D eigenvalue weighted by Crippen LogP contribution is -1.95. The SMILES string of the molecule is CC(C)C=O.CC(C)CO[PH](=O)O. The molecule has 0 amide bonds. The van der Waals surface area contributed by atoms with Gasteiger partial charge in [0.2, 0.25) is 0 Å². The Hall–Kier alpha value is -0.180. The second-order valence-electron chi connectivity index (χ2n) is 3.35. The molecule has 0 rings (SSSR count). The first kappa shape index (κ1) is 15.3. The predicted octanol–water partition coefficient (Wildman–Crippen LogP) is 1.88. The van der Waals surface area contributed by atoms with Crippen molar-refractivity contribution in [3.05, 3.63) is 0 Å². The molecule has 0 aliphatic carbocycles. The van der Waals surface area contributed by atoms with Gasteiger partial charge in [-0.1, -0.05) is 27.7 Å². The first-order valence-corrected chi connectivity index (χ1v) is 5.47. The highest BCUT2D eigenvalue weighted by Gasteiger charge is 1.94. The van der Waals surface area contributed by atoms with E-state index in [4.69, 9.17) is 4.89 Å². The molecular formula is C8H19O4P. The zero-order chi connectivity index (χ0) is 10.9. The van der Waals surface area contributed by atoms with Gasteiger partial charge in [-0.05, 0) is 5.92 Å². The molecule has 0 heterocycles. The number of rotatable bonds is 4. The summed E-state index contributed by atoms with van der Waals surface area (Å²) in [5.41, 5.74) is 0. The summed E-state index contributed by atoms with van der Waals surface area (Å²) in [6, 6.07) is 0. The largest absolute Gasteiger partial charge is 0.326 e. The van der Waals surface area contributed by atoms with Crippen molar-refractivity contribution in [2.24, 2.45) is 11.8 Å². The maximum absolute atomic E-state index is 9.87. The van der Waals surface area contributed by atoms with Crippen LogP contribution in [-0.4, -0.2) is 17.8 Å². The van der Waals surface area contributed by atoms with Gasteiger partial charge in [-0.2, -0.15) is 0 Å². The van der Waals surface area contributed by atoms with Crippen LogP contribution in [0, 0.1) is 11.8 Å². The van der Waals surface area contributed by atoms with Crippen molar-refractivity contribution in [3.8, 4) is 0 Å². The summed E-state index contributed by atoms with van der Waals surface area (Å²) in [5, 5.41) is 0. The summed E-state index contributed by atoms with van der Waals surface area (Å²) < 4.78 is 14.3. The van der Waals surface area contributed by atoms with Crippen molar-refractivity contribution in [2.75, 3.05) is 6.61 Å². The van der Waals surface area contributed by atoms with E-state index in [9.17, 15) is 9.36 Å². The lowest BCUT2D eigenvalue weighted by atomic mass is 10.2. The Balaban J connectivity index is 0. The molecule has 1 N–H and O–H groups in total. The quantitative estimate of drug-likeness (QED) is 0.568. The van der Waals surface area contributed by atoms with Gasteiger partial charge in [-0.25, -0.2) is 0 Å². The minimum atomic E-state index is -2.68. The number of hydrogen-bond donors (Lipinski definition) is 1. The molecule has 1 unspecified atom stereocenters. The van der Waals surface area contributed by atoms with Gasteiger partial charge in [0.1, 0.15) is 6.29 Å². The molecule has 0 aromatic rings. The number of carbonyl (C=O) groups excluding carboxylic acids is 1. The van der Waals surface area contributed by atoms with Gasteiger partial charge >= 0.3 is 8.25 Å². The maximum atomic E-state index is 9.87. The van der Waals surface area contributed by atoms with E-state index in [1.54, 1.807) is 0 Å². The molecule has 0 aromatic heterocycles. The Labute approximate surface area is 80.2 Å². The molecule has 13 heavy (non-hydrogen) atoms. The normalized spacial score (nSPS) is 12.2. The Morgan fingerprint density at radius 2 is 1.77 bits per heavy atom. The van der Waals surface area contributed by atoms with Crippen LogP contribution in [0.3, 0.4) is 0 Å². The van der Waals surface area contributed by atoms with Crippen LogP contribution in [0.1, 0.15) is 27.7 Å². The molecule has 0 radical (unpaired) electrons. The average Bonchev–Trinajstić information content (AvgIpc) is 2.02. The number of aldehydes is 1. The highest BCUT2D eigenvalue weighted by Crippen LogP contribution is 2.15. The molecule has 0 aromatic carbocycles. The molecule has 0 saturated carbocycles. The zero-order valence-electron chi connectivity index (χ0n) is 8.61. The van der Waals surface area contributed by atoms with Crippen molar-refractivity contribution < 1.29 is 18.8 Å². The third-order valence-corrected chi connectivity index (χ3v) is 1.23. The Kier molecular flexibility index (Phi) is 11.7. The molecule has 0 fully saturated rings. The number of carbonyl (C=O) groups is 1. The molecule has 80 valence electrons. The van der Waals surface area contributed by atoms with Crippen LogP contribution < -0.4 is 0 Å². The van der Waals surface area contributed by atoms with Crippen molar-refractivity contribution in [3.63, 3.8) is 0 Å². The molecular weight excluding hydrogens is 191 g/mol. The third kappa shape index (κ3) is 24.5. The van der Waals surface area contributed by atoms with Crippen LogP contribution >= 0.6 is 8.25 Å². The molecule has 0 saturated heterocycles. The average molecular weight is 210 g/mol. The standard InChI is InChI=1S/C4H11O3P.C4H8O/c1-4(2)3-7-8(5)6;1-4(2)3-5/h4,8H,3H2,1-2H3,(H,5,6);3-4H,1-2H3. The summed E-state index contributed by atoms with van der Waals surface area (Å²) in [6.45, 7) is 7.92. The summed E-state index contributed by atoms with van der Waals surface area (Å²) in [6.07, 6.45) is 0.917. The second-order valence-corrected chi connectivity index (χ2v) is 4.17. The van der Waals surface area contributed by atoms with Crippen LogP contribution in [-0.2, 0) is 13.9 Å². The summed E-state index contributed by atoms with van der Waals surface area (Å²) >= 11 is 0. The molecule has 5 heteroatoms. The summed E-state index contributed by atoms with van der Waals surface area (Å²) in [5.74, 6) is 0.533. The lowest BCUT2D eigenvalue weighted by Gasteiger charge is -2.00. The van der Waals surface area contributed by atoms with Crippen molar-refractivity contribution in [1.82, 2.24) is 0 Å². The number of hydrogen-bond acceptors (Lipinski definition) is 3. The van der Waals surface area contributed by atoms with Gasteiger partial charge in [-0.3, -0.25) is 4.57 Å². The first-order valence-electron chi connectivity index (χ1n) is 4.21. The molecule has 4 nitrogen and oxygen atoms in total. The smallest absolute Gasteiger partial charge is 0.316 e. The fraction of sp³-hybridized carbons (Fsp3) is 0.875. The Morgan fingerprint density at radius 3 is 1.85 bits per heavy atom. The van der Waals surface area contributed by atoms with Crippen LogP contribution in [0.4, 0.5) is 0 Å². The lowest BCUT2D eigenvalue weighted by molar-refractivity contribution is -0.110. The highest BCUT2D eigenvalue weighted by atomic mass is 31.1. The minimum Gasteiger partial charge on any atom is -0.326 e. The van der Waals surface area contributed by atoms with Crippen molar-refractivity contribution in [1.29, 1.82) is 0 Å². The highest BCUT2D eigenvalue weighted by molar-refractivity contribution is 7.32. The van der Waals surface area contributed by atoms with Gasteiger partial charge < -0.3 is 14.2 Å². The van der Waals surface area contributed by atoms with Gasteiger partial charge in [0.15, 0.2) is 0 Å². The minimum absolute atomic E-state index is 0.204. The fourth-order valence-electron chi connectivity index (χ4n) is 0.238. The van der Waals surface area contributed by atoms with E-state index in [-0.39, 0.29) is 5.92 Å². The van der Waals surface area contributed by atoms with E-state index in [1.165, 1.54) is 0 Å². The van der Waals surface area contributed by atoms with Gasteiger partial charge in [-0.15, -0.1) is 0 Å². The summed E-state index contributed by atoms with van der Waals surface area (Å²) in [7, 11) is -2.68. The maximum Gasteiger partial charge on any atom is 0.316 e. The molecule has 0 aliphatic rings. The summed E-state index contributed by atoms with van der Waals surface area (Å²) in [4.78, 5) is 17.6. The predicted molar refractivity (Wildman–Crippen MR) is 52.9 cm³/mol. The molecule has 1 atom stereocenters. The van der Waals surface area contributed by atoms with E-state index in [0.29, 0.717) is 12.5 Å². The molecule has 0 aliphatic heterocycles. The van der Waals surface area contributed by atoms with E-state index in [1.807, 2.05) is 27.7 Å². The van der Waals surface area contributed by atoms with Gasteiger partial charge in [0, 0.05) is 5.92 Å². The molecule has 0 bridgehead atoms. The second kappa shape index (κ2) is 9.90. The fourth-order valence-corrected chi connectivity index (χ4v) is 0.714. The van der Waals surface area contributed by atoms with Gasteiger partial charge in [0.25, 0.3) is 0 Å². The van der Waals surface area contributed by atoms with Gasteiger partial charge in [0.05, 0.1) is 6.61 Å². The van der Waals surface area contributed by atoms with Crippen LogP contribution in [0.2, 0.25) is 0 Å². The zero-order valence-corrected chi connectivity index (χ0v) is 9.61. The Bertz CT molecular complexity index is 145. The van der Waals surface area contributed by atoms with Crippen molar-refractivity contribution >= 4 is 14.5 Å². The van der Waals surface area contributed by atoms with Crippen LogP contribution in [0.15, 0.2) is 0 Å². The van der Waals surface area contributed by atoms with E-state index >= 15 is 0 Å². The van der Waals surface area contributed by atoms with E-state index in [2.05, 4.69) is 4.52 Å². The van der Waals surface area contributed by atoms with Crippen molar-refractivity contribution in [2.45, 2.75) is 27.7 Å². The van der Waals surface area contributed by atoms with Crippen LogP contribution in [0.25, 0.3) is 0 Å². The Morgan fingerprint density at radius 1 is 1.38 bits per heavy atom. The van der Waals surface area contributed by atoms with E-state index < -0.39 is 8.25 Å². The topological polar surface area (TPSA) is 63.6 Å². The van der Waals surface area contributed by atoms with Crippen LogP contribution in [0.5, 0.6) is 0 Å². The first-order chi connectivity index (χ1) is 5.90.